The summed E-state index contributed by atoms with van der Waals surface area (Å²) >= 11 is 0. The molecule has 1 heterocycles. The van der Waals surface area contributed by atoms with E-state index in [0.717, 1.165) is 18.5 Å². The minimum Gasteiger partial charge on any atom is -0.423 e. The maximum atomic E-state index is 9.34. The Morgan fingerprint density at radius 1 is 1.00 bits per heavy atom. The molecule has 2 unspecified atom stereocenters. The second-order valence-corrected chi connectivity index (χ2v) is 6.75. The van der Waals surface area contributed by atoms with Gasteiger partial charge in [0.25, 0.3) is 0 Å². The van der Waals surface area contributed by atoms with Crippen LogP contribution in [0.4, 0.5) is 11.4 Å². The van der Waals surface area contributed by atoms with Gasteiger partial charge in [-0.15, -0.1) is 0 Å². The highest BCUT2D eigenvalue weighted by molar-refractivity contribution is 6.58. The molecule has 0 bridgehead atoms. The quantitative estimate of drug-likeness (QED) is 0.829. The van der Waals surface area contributed by atoms with Crippen molar-refractivity contribution in [1.82, 2.24) is 0 Å². The number of hydrogen-bond donors (Lipinski definition) is 2. The van der Waals surface area contributed by atoms with Crippen LogP contribution in [0.25, 0.3) is 0 Å². The molecule has 24 heavy (non-hydrogen) atoms. The van der Waals surface area contributed by atoms with Crippen LogP contribution in [0.2, 0.25) is 0 Å². The topological polar surface area (TPSA) is 43.7 Å². The van der Waals surface area contributed by atoms with Gasteiger partial charge in [-0.1, -0.05) is 63.9 Å². The normalized spacial score (nSPS) is 19.7. The summed E-state index contributed by atoms with van der Waals surface area (Å²) in [6.45, 7) is 6.87. The predicted octanol–water partition coefficient (Wildman–Crippen LogP) is 3.43. The summed E-state index contributed by atoms with van der Waals surface area (Å²) in [6, 6.07) is 16.7. The highest BCUT2D eigenvalue weighted by atomic mass is 16.4. The van der Waals surface area contributed by atoms with Gasteiger partial charge >= 0.3 is 7.12 Å². The van der Waals surface area contributed by atoms with Gasteiger partial charge in [0.15, 0.2) is 0 Å². The first kappa shape index (κ1) is 17.1. The van der Waals surface area contributed by atoms with E-state index >= 15 is 0 Å². The molecule has 2 aromatic carbocycles. The lowest BCUT2D eigenvalue weighted by molar-refractivity contribution is 0.369. The van der Waals surface area contributed by atoms with Crippen molar-refractivity contribution in [1.29, 1.82) is 0 Å². The molecule has 0 saturated carbocycles. The van der Waals surface area contributed by atoms with Gasteiger partial charge in [-0.05, 0) is 35.1 Å². The largest absolute Gasteiger partial charge is 0.488 e. The molecule has 0 amide bonds. The monoisotopic (exact) mass is 323 g/mol. The summed E-state index contributed by atoms with van der Waals surface area (Å²) < 4.78 is 0. The molecule has 0 radical (unpaired) electrons. The van der Waals surface area contributed by atoms with Crippen molar-refractivity contribution in [2.75, 3.05) is 4.90 Å². The maximum absolute atomic E-state index is 9.34. The molecule has 3 rings (SSSR count). The Morgan fingerprint density at radius 3 is 2.21 bits per heavy atom. The van der Waals surface area contributed by atoms with Crippen LogP contribution in [0, 0.1) is 5.92 Å². The minimum atomic E-state index is -1.42. The third-order valence-electron chi connectivity index (χ3n) is 5.50. The number of nitrogens with zero attached hydrogens (tertiary/aromatic N) is 1. The summed E-state index contributed by atoms with van der Waals surface area (Å²) in [4.78, 5) is 2.45. The van der Waals surface area contributed by atoms with Crippen molar-refractivity contribution < 1.29 is 10.0 Å². The number of fused-ring (bicyclic) bond motifs is 1. The first-order chi connectivity index (χ1) is 11.6. The van der Waals surface area contributed by atoms with E-state index in [-0.39, 0.29) is 0 Å². The van der Waals surface area contributed by atoms with E-state index in [1.165, 1.54) is 11.3 Å². The van der Waals surface area contributed by atoms with Gasteiger partial charge in [-0.25, -0.2) is 0 Å². The highest BCUT2D eigenvalue weighted by Gasteiger charge is 2.39. The Kier molecular flexibility index (Phi) is 4.97. The summed E-state index contributed by atoms with van der Waals surface area (Å²) in [5.74, 6) is 1.10. The lowest BCUT2D eigenvalue weighted by Crippen LogP contribution is -2.36. The SMILES string of the molecule is CCC(CC)C1C(C)c2ccccc2N1c1ccc(B(O)O)cc1. The molecule has 0 aromatic heterocycles. The molecular weight excluding hydrogens is 297 g/mol. The van der Waals surface area contributed by atoms with Crippen LogP contribution in [0.5, 0.6) is 0 Å². The fraction of sp³-hybridized carbons (Fsp3) is 0.400. The zero-order chi connectivity index (χ0) is 17.3. The zero-order valence-corrected chi connectivity index (χ0v) is 14.7. The van der Waals surface area contributed by atoms with Crippen molar-refractivity contribution in [2.45, 2.75) is 45.6 Å². The summed E-state index contributed by atoms with van der Waals surface area (Å²) in [5, 5.41) is 18.7. The van der Waals surface area contributed by atoms with Gasteiger partial charge in [0.05, 0.1) is 0 Å². The van der Waals surface area contributed by atoms with E-state index in [1.807, 2.05) is 12.1 Å². The van der Waals surface area contributed by atoms with Gasteiger partial charge < -0.3 is 14.9 Å². The molecular formula is C20H26BNO2. The second-order valence-electron chi connectivity index (χ2n) is 6.75. The molecule has 1 aliphatic rings. The van der Waals surface area contributed by atoms with E-state index in [0.29, 0.717) is 23.3 Å². The fourth-order valence-corrected chi connectivity index (χ4v) is 4.17. The average molecular weight is 323 g/mol. The molecule has 0 fully saturated rings. The number of hydrogen-bond acceptors (Lipinski definition) is 3. The molecule has 3 nitrogen and oxygen atoms in total. The predicted molar refractivity (Wildman–Crippen MR) is 101 cm³/mol. The van der Waals surface area contributed by atoms with Crippen molar-refractivity contribution in [3.8, 4) is 0 Å². The number of benzene rings is 2. The smallest absolute Gasteiger partial charge is 0.423 e. The first-order valence-electron chi connectivity index (χ1n) is 8.92. The van der Waals surface area contributed by atoms with Crippen LogP contribution < -0.4 is 10.4 Å². The standard InChI is InChI=1S/C20H26BNO2/c1-4-15(5-2)20-14(3)18-8-6-7-9-19(18)22(20)17-12-10-16(11-13-17)21(23)24/h6-15,20,23-24H,4-5H2,1-3H3. The van der Waals surface area contributed by atoms with E-state index in [9.17, 15) is 10.0 Å². The van der Waals surface area contributed by atoms with Gasteiger partial charge in [-0.2, -0.15) is 0 Å². The van der Waals surface area contributed by atoms with Gasteiger partial charge in [0, 0.05) is 23.3 Å². The lowest BCUT2D eigenvalue weighted by atomic mass is 9.80. The number of rotatable bonds is 5. The van der Waals surface area contributed by atoms with Gasteiger partial charge in [0.2, 0.25) is 0 Å². The number of anilines is 2. The minimum absolute atomic E-state index is 0.433. The molecule has 0 spiro atoms. The summed E-state index contributed by atoms with van der Waals surface area (Å²) in [6.07, 6.45) is 2.31. The molecule has 0 saturated heterocycles. The number of para-hydroxylation sites is 1. The molecule has 2 N–H and O–H groups in total. The van der Waals surface area contributed by atoms with E-state index < -0.39 is 7.12 Å². The van der Waals surface area contributed by atoms with Crippen molar-refractivity contribution in [2.24, 2.45) is 5.92 Å². The Bertz CT molecular complexity index is 682. The molecule has 0 aliphatic carbocycles. The van der Waals surface area contributed by atoms with Crippen LogP contribution in [-0.4, -0.2) is 23.2 Å². The third-order valence-corrected chi connectivity index (χ3v) is 5.50. The summed E-state index contributed by atoms with van der Waals surface area (Å²) in [7, 11) is -1.42. The van der Waals surface area contributed by atoms with E-state index in [2.05, 4.69) is 49.9 Å². The van der Waals surface area contributed by atoms with Crippen LogP contribution in [0.15, 0.2) is 48.5 Å². The van der Waals surface area contributed by atoms with Crippen molar-refractivity contribution in [3.63, 3.8) is 0 Å². The van der Waals surface area contributed by atoms with Gasteiger partial charge in [-0.3, -0.25) is 0 Å². The average Bonchev–Trinajstić information content (AvgIpc) is 2.90. The molecule has 4 heteroatoms. The van der Waals surface area contributed by atoms with E-state index in [1.54, 1.807) is 12.1 Å². The van der Waals surface area contributed by atoms with Crippen LogP contribution >= 0.6 is 0 Å². The molecule has 1 aliphatic heterocycles. The Hall–Kier alpha value is -1.78. The third kappa shape index (κ3) is 2.85. The fourth-order valence-electron chi connectivity index (χ4n) is 4.17. The molecule has 126 valence electrons. The second kappa shape index (κ2) is 7.00. The molecule has 2 aromatic rings. The van der Waals surface area contributed by atoms with Crippen molar-refractivity contribution in [3.05, 3.63) is 54.1 Å². The maximum Gasteiger partial charge on any atom is 0.488 e. The van der Waals surface area contributed by atoms with Crippen molar-refractivity contribution >= 4 is 24.0 Å². The van der Waals surface area contributed by atoms with Gasteiger partial charge in [0.1, 0.15) is 0 Å². The first-order valence-corrected chi connectivity index (χ1v) is 8.92. The van der Waals surface area contributed by atoms with E-state index in [4.69, 9.17) is 0 Å². The molecule has 2 atom stereocenters. The Labute approximate surface area is 145 Å². The summed E-state index contributed by atoms with van der Waals surface area (Å²) in [5.41, 5.74) is 4.33. The Morgan fingerprint density at radius 2 is 1.62 bits per heavy atom. The lowest BCUT2D eigenvalue weighted by Gasteiger charge is -2.35. The van der Waals surface area contributed by atoms with Crippen LogP contribution in [0.3, 0.4) is 0 Å². The van der Waals surface area contributed by atoms with Crippen LogP contribution in [0.1, 0.15) is 45.1 Å². The van der Waals surface area contributed by atoms with Crippen LogP contribution in [-0.2, 0) is 0 Å². The highest BCUT2D eigenvalue weighted by Crippen LogP contribution is 2.48. The Balaban J connectivity index is 2.06. The zero-order valence-electron chi connectivity index (χ0n) is 14.7.